The Labute approximate surface area is 173 Å². The smallest absolute Gasteiger partial charge is 0.325 e. The third kappa shape index (κ3) is 6.33. The summed E-state index contributed by atoms with van der Waals surface area (Å²) in [6, 6.07) is 20.3. The maximum absolute atomic E-state index is 12.5. The summed E-state index contributed by atoms with van der Waals surface area (Å²) in [7, 11) is 0. The van der Waals surface area contributed by atoms with Crippen molar-refractivity contribution in [3.63, 3.8) is 0 Å². The van der Waals surface area contributed by atoms with E-state index in [2.05, 4.69) is 22.2 Å². The van der Waals surface area contributed by atoms with E-state index in [1.807, 2.05) is 55.5 Å². The zero-order chi connectivity index (χ0) is 19.8. The number of nitrogens with zero attached hydrogens (tertiary/aromatic N) is 2. The van der Waals surface area contributed by atoms with Crippen LogP contribution in [0, 0.1) is 0 Å². The van der Waals surface area contributed by atoms with Gasteiger partial charge in [0, 0.05) is 32.6 Å². The molecule has 5 heteroatoms. The molecule has 28 heavy (non-hydrogen) atoms. The minimum Gasteiger partial charge on any atom is -0.461 e. The second-order valence-corrected chi connectivity index (χ2v) is 7.93. The van der Waals surface area contributed by atoms with E-state index in [0.717, 1.165) is 25.2 Å². The summed E-state index contributed by atoms with van der Waals surface area (Å²) in [4.78, 5) is 12.5. The number of benzene rings is 2. The Balaban J connectivity index is 1.55. The minimum atomic E-state index is -0.692. The first-order chi connectivity index (χ1) is 13.6. The normalized spacial score (nSPS) is 16.8. The number of rotatable bonds is 9. The Morgan fingerprint density at radius 1 is 1.04 bits per heavy atom. The highest BCUT2D eigenvalue weighted by Crippen LogP contribution is 2.17. The summed E-state index contributed by atoms with van der Waals surface area (Å²) in [5, 5.41) is 3.81. The molecule has 2 aromatic rings. The summed E-state index contributed by atoms with van der Waals surface area (Å²) < 4.78 is 5.61. The molecular weight excluding hydrogens is 372 g/mol. The van der Waals surface area contributed by atoms with Gasteiger partial charge in [0.15, 0.2) is 0 Å². The first-order valence-electron chi connectivity index (χ1n) is 10.0. The topological polar surface area (TPSA) is 32.8 Å². The molecule has 0 spiro atoms. The molecule has 0 N–H and O–H groups in total. The molecule has 150 valence electrons. The third-order valence-corrected chi connectivity index (χ3v) is 5.32. The summed E-state index contributed by atoms with van der Waals surface area (Å²) in [5.41, 5.74) is 2.36. The van der Waals surface area contributed by atoms with Crippen molar-refractivity contribution in [2.75, 3.05) is 19.6 Å². The van der Waals surface area contributed by atoms with E-state index in [1.54, 1.807) is 0 Å². The minimum absolute atomic E-state index is 0.203. The van der Waals surface area contributed by atoms with Gasteiger partial charge in [0.05, 0.1) is 0 Å². The van der Waals surface area contributed by atoms with Crippen LogP contribution in [-0.4, -0.2) is 47.1 Å². The van der Waals surface area contributed by atoms with Crippen LogP contribution < -0.4 is 0 Å². The Morgan fingerprint density at radius 2 is 1.61 bits per heavy atom. The average Bonchev–Trinajstić information content (AvgIpc) is 3.23. The van der Waals surface area contributed by atoms with Crippen LogP contribution in [0.2, 0.25) is 0 Å². The van der Waals surface area contributed by atoms with Gasteiger partial charge in [-0.15, -0.1) is 11.6 Å². The number of carbonyl (C=O) groups excluding carboxylic acids is 1. The monoisotopic (exact) mass is 400 g/mol. The molecule has 0 aliphatic carbocycles. The zero-order valence-electron chi connectivity index (χ0n) is 16.5. The average molecular weight is 401 g/mol. The maximum Gasteiger partial charge on any atom is 0.325 e. The molecule has 1 fully saturated rings. The van der Waals surface area contributed by atoms with Crippen LogP contribution in [0.5, 0.6) is 0 Å². The molecule has 0 amide bonds. The zero-order valence-corrected chi connectivity index (χ0v) is 17.2. The van der Waals surface area contributed by atoms with Gasteiger partial charge in [0.1, 0.15) is 11.5 Å². The van der Waals surface area contributed by atoms with Crippen LogP contribution in [0.25, 0.3) is 0 Å². The van der Waals surface area contributed by atoms with Crippen molar-refractivity contribution >= 4 is 17.6 Å². The molecule has 4 nitrogen and oxygen atoms in total. The van der Waals surface area contributed by atoms with E-state index in [1.165, 1.54) is 18.4 Å². The van der Waals surface area contributed by atoms with Crippen molar-refractivity contribution in [1.82, 2.24) is 10.0 Å². The number of ether oxygens (including phenoxy) is 1. The second kappa shape index (κ2) is 10.6. The van der Waals surface area contributed by atoms with E-state index in [0.29, 0.717) is 13.0 Å². The van der Waals surface area contributed by atoms with Gasteiger partial charge < -0.3 is 4.74 Å². The van der Waals surface area contributed by atoms with Crippen LogP contribution >= 0.6 is 11.6 Å². The van der Waals surface area contributed by atoms with Crippen molar-refractivity contribution in [3.8, 4) is 0 Å². The fourth-order valence-electron chi connectivity index (χ4n) is 3.58. The van der Waals surface area contributed by atoms with E-state index in [9.17, 15) is 4.79 Å². The van der Waals surface area contributed by atoms with Crippen LogP contribution in [0.3, 0.4) is 0 Å². The van der Waals surface area contributed by atoms with Crippen LogP contribution in [0.4, 0.5) is 0 Å². The van der Waals surface area contributed by atoms with Crippen LogP contribution in [0.1, 0.15) is 30.9 Å². The number of hydrogen-bond donors (Lipinski definition) is 0. The largest absolute Gasteiger partial charge is 0.461 e. The molecule has 2 unspecified atom stereocenters. The predicted molar refractivity (Wildman–Crippen MR) is 113 cm³/mol. The van der Waals surface area contributed by atoms with E-state index >= 15 is 0 Å². The summed E-state index contributed by atoms with van der Waals surface area (Å²) in [6.07, 6.45) is 2.84. The maximum atomic E-state index is 12.5. The molecule has 3 rings (SSSR count). The Hall–Kier alpha value is -1.88. The highest BCUT2D eigenvalue weighted by atomic mass is 35.5. The summed E-state index contributed by atoms with van der Waals surface area (Å²) in [6.45, 7) is 5.13. The van der Waals surface area contributed by atoms with Crippen molar-refractivity contribution < 1.29 is 9.53 Å². The molecule has 2 atom stereocenters. The van der Waals surface area contributed by atoms with Crippen LogP contribution in [-0.2, 0) is 22.5 Å². The van der Waals surface area contributed by atoms with Gasteiger partial charge in [-0.2, -0.15) is 0 Å². The molecular formula is C23H29ClN2O2. The molecule has 0 radical (unpaired) electrons. The number of carbonyl (C=O) groups is 1. The standard InChI is InChI=1S/C23H29ClN2O2/c1-19(16-20-10-4-2-5-11-20)28-23(27)22(24)18-26(25-14-8-9-15-25)17-21-12-6-3-7-13-21/h2-7,10-13,19,22H,8-9,14-18H2,1H3. The number of halogens is 1. The number of hydrazine groups is 1. The highest BCUT2D eigenvalue weighted by molar-refractivity contribution is 6.30. The van der Waals surface area contributed by atoms with Crippen molar-refractivity contribution in [3.05, 3.63) is 71.8 Å². The molecule has 1 heterocycles. The lowest BCUT2D eigenvalue weighted by Gasteiger charge is -2.33. The van der Waals surface area contributed by atoms with Gasteiger partial charge in [-0.3, -0.25) is 4.79 Å². The predicted octanol–water partition coefficient (Wildman–Crippen LogP) is 4.28. The highest BCUT2D eigenvalue weighted by Gasteiger charge is 2.27. The van der Waals surface area contributed by atoms with E-state index < -0.39 is 5.38 Å². The Bertz CT molecular complexity index is 720. The van der Waals surface area contributed by atoms with Gasteiger partial charge in [0.2, 0.25) is 0 Å². The number of esters is 1. The van der Waals surface area contributed by atoms with E-state index in [-0.39, 0.29) is 12.1 Å². The SMILES string of the molecule is CC(Cc1ccccc1)OC(=O)C(Cl)CN(Cc1ccccc1)N1CCCC1. The lowest BCUT2D eigenvalue weighted by Crippen LogP contribution is -2.45. The van der Waals surface area contributed by atoms with Crippen molar-refractivity contribution in [2.24, 2.45) is 0 Å². The van der Waals surface area contributed by atoms with E-state index in [4.69, 9.17) is 16.3 Å². The second-order valence-electron chi connectivity index (χ2n) is 7.40. The number of hydrogen-bond acceptors (Lipinski definition) is 4. The van der Waals surface area contributed by atoms with Gasteiger partial charge in [-0.05, 0) is 30.9 Å². The molecule has 2 aromatic carbocycles. The first kappa shape index (κ1) is 20.8. The van der Waals surface area contributed by atoms with Gasteiger partial charge in [-0.1, -0.05) is 60.7 Å². The molecule has 1 aliphatic rings. The molecule has 0 saturated carbocycles. The quantitative estimate of drug-likeness (QED) is 0.464. The fraction of sp³-hybridized carbons (Fsp3) is 0.435. The Kier molecular flexibility index (Phi) is 7.90. The molecule has 0 aromatic heterocycles. The fourth-order valence-corrected chi connectivity index (χ4v) is 3.79. The van der Waals surface area contributed by atoms with Crippen molar-refractivity contribution in [2.45, 2.75) is 44.2 Å². The Morgan fingerprint density at radius 3 is 2.21 bits per heavy atom. The molecule has 1 saturated heterocycles. The lowest BCUT2D eigenvalue weighted by molar-refractivity contribution is -0.149. The summed E-state index contributed by atoms with van der Waals surface area (Å²) in [5.74, 6) is -0.345. The third-order valence-electron chi connectivity index (χ3n) is 5.00. The first-order valence-corrected chi connectivity index (χ1v) is 10.5. The van der Waals surface area contributed by atoms with Gasteiger partial charge in [0.25, 0.3) is 0 Å². The van der Waals surface area contributed by atoms with Crippen LogP contribution in [0.15, 0.2) is 60.7 Å². The van der Waals surface area contributed by atoms with Gasteiger partial charge >= 0.3 is 5.97 Å². The number of alkyl halides is 1. The summed E-state index contributed by atoms with van der Waals surface area (Å²) >= 11 is 6.47. The van der Waals surface area contributed by atoms with Crippen molar-refractivity contribution in [1.29, 1.82) is 0 Å². The molecule has 0 bridgehead atoms. The van der Waals surface area contributed by atoms with Gasteiger partial charge in [-0.25, -0.2) is 10.0 Å². The lowest BCUT2D eigenvalue weighted by atomic mass is 10.1. The molecule has 1 aliphatic heterocycles.